The summed E-state index contributed by atoms with van der Waals surface area (Å²) in [6, 6.07) is -0.0486. The zero-order valence-corrected chi connectivity index (χ0v) is 5.88. The van der Waals surface area contributed by atoms with Gasteiger partial charge in [-0.15, -0.1) is 0 Å². The van der Waals surface area contributed by atoms with Gasteiger partial charge in [0.15, 0.2) is 0 Å². The number of hydrogen-bond donors (Lipinski definition) is 3. The van der Waals surface area contributed by atoms with E-state index in [1.165, 1.54) is 0 Å². The van der Waals surface area contributed by atoms with Gasteiger partial charge in [-0.3, -0.25) is 0 Å². The number of fused-ring (bicyclic) bond motifs is 1. The molecule has 0 aromatic rings. The SMILES string of the molecule is O[C@H]1CC[C@]2(O)CCN[C@H]12. The van der Waals surface area contributed by atoms with E-state index in [1.54, 1.807) is 0 Å². The Labute approximate surface area is 60.1 Å². The fourth-order valence-electron chi connectivity index (χ4n) is 2.13. The minimum Gasteiger partial charge on any atom is -0.391 e. The molecule has 0 amide bonds. The third-order valence-electron chi connectivity index (χ3n) is 2.76. The molecule has 0 bridgehead atoms. The van der Waals surface area contributed by atoms with Crippen LogP contribution in [0.3, 0.4) is 0 Å². The molecule has 2 aliphatic rings. The lowest BCUT2D eigenvalue weighted by Crippen LogP contribution is -2.43. The van der Waals surface area contributed by atoms with Gasteiger partial charge in [-0.2, -0.15) is 0 Å². The molecule has 0 unspecified atom stereocenters. The van der Waals surface area contributed by atoms with Gasteiger partial charge >= 0.3 is 0 Å². The van der Waals surface area contributed by atoms with E-state index >= 15 is 0 Å². The maximum absolute atomic E-state index is 9.78. The molecule has 1 aliphatic heterocycles. The molecule has 3 N–H and O–H groups in total. The lowest BCUT2D eigenvalue weighted by molar-refractivity contribution is 0.0253. The summed E-state index contributed by atoms with van der Waals surface area (Å²) < 4.78 is 0. The van der Waals surface area contributed by atoms with Gasteiger partial charge < -0.3 is 15.5 Å². The molecule has 3 heteroatoms. The van der Waals surface area contributed by atoms with Crippen LogP contribution in [0.25, 0.3) is 0 Å². The Bertz CT molecular complexity index is 151. The van der Waals surface area contributed by atoms with Gasteiger partial charge in [-0.05, 0) is 25.8 Å². The highest BCUT2D eigenvalue weighted by molar-refractivity contribution is 5.06. The standard InChI is InChI=1S/C7H13NO2/c9-5-1-2-7(10)3-4-8-6(5)7/h5-6,8-10H,1-4H2/t5-,6+,7-/m0/s1. The van der Waals surface area contributed by atoms with E-state index in [0.717, 1.165) is 25.8 Å². The molecule has 0 spiro atoms. The summed E-state index contributed by atoms with van der Waals surface area (Å²) in [7, 11) is 0. The van der Waals surface area contributed by atoms with E-state index in [9.17, 15) is 10.2 Å². The molecule has 1 saturated heterocycles. The van der Waals surface area contributed by atoms with Gasteiger partial charge in [0.1, 0.15) is 0 Å². The molecule has 10 heavy (non-hydrogen) atoms. The summed E-state index contributed by atoms with van der Waals surface area (Å²) >= 11 is 0. The van der Waals surface area contributed by atoms with Crippen molar-refractivity contribution in [1.82, 2.24) is 5.32 Å². The first kappa shape index (κ1) is 6.58. The smallest absolute Gasteiger partial charge is 0.0838 e. The van der Waals surface area contributed by atoms with E-state index in [4.69, 9.17) is 0 Å². The van der Waals surface area contributed by atoms with Crippen LogP contribution in [-0.2, 0) is 0 Å². The van der Waals surface area contributed by atoms with E-state index in [1.807, 2.05) is 0 Å². The minimum atomic E-state index is -0.584. The van der Waals surface area contributed by atoms with Crippen LogP contribution in [0.15, 0.2) is 0 Å². The summed E-state index contributed by atoms with van der Waals surface area (Å²) in [5, 5.41) is 22.2. The van der Waals surface area contributed by atoms with Crippen molar-refractivity contribution in [1.29, 1.82) is 0 Å². The number of aliphatic hydroxyl groups is 2. The summed E-state index contributed by atoms with van der Waals surface area (Å²) in [6.45, 7) is 0.845. The van der Waals surface area contributed by atoms with Crippen LogP contribution < -0.4 is 5.32 Å². The van der Waals surface area contributed by atoms with Crippen LogP contribution in [0, 0.1) is 0 Å². The summed E-state index contributed by atoms with van der Waals surface area (Å²) in [4.78, 5) is 0. The van der Waals surface area contributed by atoms with E-state index in [-0.39, 0.29) is 12.1 Å². The third-order valence-corrected chi connectivity index (χ3v) is 2.76. The summed E-state index contributed by atoms with van der Waals surface area (Å²) in [5.74, 6) is 0. The molecular weight excluding hydrogens is 130 g/mol. The first-order valence-electron chi connectivity index (χ1n) is 3.86. The van der Waals surface area contributed by atoms with Crippen molar-refractivity contribution in [3.63, 3.8) is 0 Å². The minimum absolute atomic E-state index is 0.0486. The lowest BCUT2D eigenvalue weighted by atomic mass is 9.98. The Kier molecular flexibility index (Phi) is 1.27. The highest BCUT2D eigenvalue weighted by Gasteiger charge is 2.49. The summed E-state index contributed by atoms with van der Waals surface area (Å²) in [5.41, 5.74) is -0.584. The Morgan fingerprint density at radius 3 is 2.90 bits per heavy atom. The maximum atomic E-state index is 9.78. The second kappa shape index (κ2) is 1.94. The van der Waals surface area contributed by atoms with Crippen molar-refractivity contribution in [2.45, 2.75) is 37.0 Å². The predicted molar refractivity (Wildman–Crippen MR) is 36.6 cm³/mol. The van der Waals surface area contributed by atoms with Gasteiger partial charge in [0, 0.05) is 0 Å². The molecule has 0 aromatic carbocycles. The van der Waals surface area contributed by atoms with Gasteiger partial charge in [0.2, 0.25) is 0 Å². The molecule has 2 fully saturated rings. The van der Waals surface area contributed by atoms with Gasteiger partial charge in [-0.25, -0.2) is 0 Å². The second-order valence-corrected chi connectivity index (χ2v) is 3.39. The van der Waals surface area contributed by atoms with Gasteiger partial charge in [0.25, 0.3) is 0 Å². The summed E-state index contributed by atoms with van der Waals surface area (Å²) in [6.07, 6.45) is 1.97. The average molecular weight is 143 g/mol. The van der Waals surface area contributed by atoms with Crippen molar-refractivity contribution in [2.24, 2.45) is 0 Å². The molecule has 2 rings (SSSR count). The van der Waals surface area contributed by atoms with Crippen LogP contribution >= 0.6 is 0 Å². The van der Waals surface area contributed by atoms with Crippen LogP contribution in [0.2, 0.25) is 0 Å². The van der Waals surface area contributed by atoms with E-state index < -0.39 is 5.60 Å². The normalized spacial score (nSPS) is 53.4. The number of rotatable bonds is 0. The van der Waals surface area contributed by atoms with Crippen molar-refractivity contribution >= 4 is 0 Å². The first-order chi connectivity index (χ1) is 4.72. The quantitative estimate of drug-likeness (QED) is 0.417. The Balaban J connectivity index is 2.19. The van der Waals surface area contributed by atoms with Crippen molar-refractivity contribution in [2.75, 3.05) is 6.54 Å². The molecule has 0 radical (unpaired) electrons. The largest absolute Gasteiger partial charge is 0.391 e. The fourth-order valence-corrected chi connectivity index (χ4v) is 2.13. The maximum Gasteiger partial charge on any atom is 0.0838 e. The van der Waals surface area contributed by atoms with Crippen LogP contribution in [-0.4, -0.2) is 34.5 Å². The molecule has 1 saturated carbocycles. The Morgan fingerprint density at radius 2 is 2.20 bits per heavy atom. The Morgan fingerprint density at radius 1 is 1.40 bits per heavy atom. The van der Waals surface area contributed by atoms with Crippen molar-refractivity contribution in [3.05, 3.63) is 0 Å². The molecule has 3 nitrogen and oxygen atoms in total. The zero-order valence-electron chi connectivity index (χ0n) is 5.88. The lowest BCUT2D eigenvalue weighted by Gasteiger charge is -2.22. The molecule has 0 aromatic heterocycles. The molecule has 3 atom stereocenters. The highest BCUT2D eigenvalue weighted by Crippen LogP contribution is 2.36. The van der Waals surface area contributed by atoms with Crippen molar-refractivity contribution in [3.8, 4) is 0 Å². The monoisotopic (exact) mass is 143 g/mol. The number of nitrogens with one attached hydrogen (secondary N) is 1. The van der Waals surface area contributed by atoms with Crippen LogP contribution in [0.5, 0.6) is 0 Å². The number of aliphatic hydroxyl groups excluding tert-OH is 1. The van der Waals surface area contributed by atoms with E-state index in [2.05, 4.69) is 5.32 Å². The average Bonchev–Trinajstić information content (AvgIpc) is 2.35. The van der Waals surface area contributed by atoms with Crippen LogP contribution in [0.4, 0.5) is 0 Å². The topological polar surface area (TPSA) is 52.5 Å². The van der Waals surface area contributed by atoms with Crippen LogP contribution in [0.1, 0.15) is 19.3 Å². The van der Waals surface area contributed by atoms with Crippen molar-refractivity contribution < 1.29 is 10.2 Å². The molecule has 1 heterocycles. The predicted octanol–water partition coefficient (Wildman–Crippen LogP) is -0.766. The second-order valence-electron chi connectivity index (χ2n) is 3.39. The Hall–Kier alpha value is -0.120. The van der Waals surface area contributed by atoms with Gasteiger partial charge in [0.05, 0.1) is 17.7 Å². The van der Waals surface area contributed by atoms with E-state index in [0.29, 0.717) is 0 Å². The molecule has 1 aliphatic carbocycles. The molecule has 58 valence electrons. The fraction of sp³-hybridized carbons (Fsp3) is 1.00. The number of hydrogen-bond acceptors (Lipinski definition) is 3. The highest BCUT2D eigenvalue weighted by atomic mass is 16.3. The molecular formula is C7H13NO2. The first-order valence-corrected chi connectivity index (χ1v) is 3.86. The third kappa shape index (κ3) is 0.713. The van der Waals surface area contributed by atoms with Gasteiger partial charge in [-0.1, -0.05) is 0 Å². The zero-order chi connectivity index (χ0) is 7.19.